The molecule has 0 aromatic heterocycles. The molecule has 4 aliphatic carbocycles. The van der Waals surface area contributed by atoms with Crippen LogP contribution in [0.4, 0.5) is 0 Å². The van der Waals surface area contributed by atoms with Gasteiger partial charge in [0.25, 0.3) is 0 Å². The zero-order valence-electron chi connectivity index (χ0n) is 8.24. The average Bonchev–Trinajstić information content (AvgIpc) is 1.96. The average molecular weight is 268 g/mol. The summed E-state index contributed by atoms with van der Waals surface area (Å²) in [4.78, 5) is 0. The van der Waals surface area contributed by atoms with Crippen LogP contribution in [0.3, 0.4) is 0 Å². The van der Waals surface area contributed by atoms with Crippen LogP contribution in [0.15, 0.2) is 0 Å². The van der Waals surface area contributed by atoms with Gasteiger partial charge in [0.1, 0.15) is 5.60 Å². The molecule has 0 atom stereocenters. The Morgan fingerprint density at radius 3 is 1.80 bits per heavy atom. The zero-order chi connectivity index (χ0) is 9.76. The molecule has 15 heavy (non-hydrogen) atoms. The molecule has 0 heterocycles. The number of thiol groups is 1. The first-order chi connectivity index (χ1) is 6.65. The molecular formula is C11H17KOS2. The van der Waals surface area contributed by atoms with E-state index in [0.717, 1.165) is 17.8 Å². The molecule has 4 saturated carbocycles. The van der Waals surface area contributed by atoms with E-state index in [9.17, 15) is 0 Å². The van der Waals surface area contributed by atoms with Gasteiger partial charge in [0.15, 0.2) is 0 Å². The molecule has 4 fully saturated rings. The van der Waals surface area contributed by atoms with Crippen molar-refractivity contribution in [2.45, 2.75) is 44.1 Å². The second kappa shape index (κ2) is 4.86. The molecule has 0 N–H and O–H groups in total. The van der Waals surface area contributed by atoms with Crippen LogP contribution >= 0.6 is 24.8 Å². The maximum atomic E-state index is 5.85. The van der Waals surface area contributed by atoms with Crippen LogP contribution < -0.4 is 0 Å². The molecule has 0 spiro atoms. The van der Waals surface area contributed by atoms with Gasteiger partial charge in [-0.25, -0.2) is 0 Å². The fourth-order valence-corrected chi connectivity index (χ4v) is 4.71. The van der Waals surface area contributed by atoms with Crippen LogP contribution in [0, 0.1) is 17.8 Å². The number of rotatable bonds is 1. The fraction of sp³-hybridized carbons (Fsp3) is 0.909. The predicted octanol–water partition coefficient (Wildman–Crippen LogP) is 2.54. The van der Waals surface area contributed by atoms with Gasteiger partial charge in [0, 0.05) is 0 Å². The third kappa shape index (κ3) is 2.66. The van der Waals surface area contributed by atoms with Gasteiger partial charge in [0.2, 0.25) is 4.38 Å². The summed E-state index contributed by atoms with van der Waals surface area (Å²) < 4.78 is 6.30. The monoisotopic (exact) mass is 268 g/mol. The van der Waals surface area contributed by atoms with Gasteiger partial charge in [-0.05, 0) is 68.5 Å². The third-order valence-corrected chi connectivity index (χ3v) is 4.46. The Bertz CT molecular complexity index is 244. The van der Waals surface area contributed by atoms with E-state index in [2.05, 4.69) is 12.6 Å². The SMILES string of the molecule is S=C(S)OC12CC3CC(CC(C3)C1)C2.[KH]. The normalized spacial score (nSPS) is 46.1. The van der Waals surface area contributed by atoms with E-state index in [0.29, 0.717) is 4.38 Å². The quantitative estimate of drug-likeness (QED) is 0.445. The minimum atomic E-state index is 0. The molecule has 0 aliphatic heterocycles. The molecule has 0 aromatic rings. The van der Waals surface area contributed by atoms with E-state index in [1.807, 2.05) is 0 Å². The molecule has 0 unspecified atom stereocenters. The van der Waals surface area contributed by atoms with Crippen LogP contribution in [0.2, 0.25) is 0 Å². The van der Waals surface area contributed by atoms with Gasteiger partial charge in [-0.15, -0.1) is 0 Å². The first-order valence-electron chi connectivity index (χ1n) is 5.57. The topological polar surface area (TPSA) is 9.23 Å². The third-order valence-electron chi connectivity index (χ3n) is 4.29. The van der Waals surface area contributed by atoms with Gasteiger partial charge >= 0.3 is 51.4 Å². The Labute approximate surface area is 145 Å². The molecule has 4 rings (SSSR count). The molecule has 0 saturated heterocycles. The van der Waals surface area contributed by atoms with Crippen molar-refractivity contribution in [3.05, 3.63) is 0 Å². The summed E-state index contributed by atoms with van der Waals surface area (Å²) in [5.41, 5.74) is 0.105. The maximum absolute atomic E-state index is 5.85. The Morgan fingerprint density at radius 1 is 1.07 bits per heavy atom. The van der Waals surface area contributed by atoms with Gasteiger partial charge in [0.05, 0.1) is 0 Å². The van der Waals surface area contributed by atoms with E-state index in [1.165, 1.54) is 38.5 Å². The van der Waals surface area contributed by atoms with E-state index in [1.54, 1.807) is 0 Å². The molecule has 4 heteroatoms. The number of hydrogen-bond acceptors (Lipinski definition) is 2. The molecular weight excluding hydrogens is 251 g/mol. The Balaban J connectivity index is 0.000000853. The molecule has 0 amide bonds. The Kier molecular flexibility index (Phi) is 4.32. The minimum absolute atomic E-state index is 0. The number of hydrogen-bond donors (Lipinski definition) is 1. The summed E-state index contributed by atoms with van der Waals surface area (Å²) in [5, 5.41) is 0. The first-order valence-corrected chi connectivity index (χ1v) is 6.43. The summed E-state index contributed by atoms with van der Waals surface area (Å²) in [6.07, 6.45) is 8.05. The van der Waals surface area contributed by atoms with Crippen molar-refractivity contribution in [2.75, 3.05) is 0 Å². The van der Waals surface area contributed by atoms with Gasteiger partial charge < -0.3 is 4.74 Å². The van der Waals surface area contributed by atoms with Crippen molar-refractivity contribution in [1.29, 1.82) is 0 Å². The summed E-state index contributed by atoms with van der Waals surface area (Å²) in [5.74, 6) is 2.76. The van der Waals surface area contributed by atoms with E-state index in [4.69, 9.17) is 17.0 Å². The van der Waals surface area contributed by atoms with Crippen molar-refractivity contribution >= 4 is 80.6 Å². The second-order valence-electron chi connectivity index (χ2n) is 5.47. The number of ether oxygens (including phenoxy) is 1. The van der Waals surface area contributed by atoms with Crippen LogP contribution in [0.1, 0.15) is 38.5 Å². The van der Waals surface area contributed by atoms with Crippen molar-refractivity contribution in [3.63, 3.8) is 0 Å². The summed E-state index contributed by atoms with van der Waals surface area (Å²) >= 11 is 9.10. The molecule has 0 aromatic carbocycles. The molecule has 80 valence electrons. The van der Waals surface area contributed by atoms with E-state index >= 15 is 0 Å². The molecule has 4 bridgehead atoms. The Morgan fingerprint density at radius 2 is 1.47 bits per heavy atom. The van der Waals surface area contributed by atoms with Crippen LogP contribution in [-0.2, 0) is 4.74 Å². The van der Waals surface area contributed by atoms with Crippen molar-refractivity contribution in [2.24, 2.45) is 17.8 Å². The van der Waals surface area contributed by atoms with Gasteiger partial charge in [-0.3, -0.25) is 0 Å². The molecule has 1 nitrogen and oxygen atoms in total. The van der Waals surface area contributed by atoms with Crippen LogP contribution in [0.25, 0.3) is 0 Å². The van der Waals surface area contributed by atoms with Crippen LogP contribution in [0.5, 0.6) is 0 Å². The van der Waals surface area contributed by atoms with E-state index in [-0.39, 0.29) is 57.0 Å². The summed E-state index contributed by atoms with van der Waals surface area (Å²) in [6, 6.07) is 0. The van der Waals surface area contributed by atoms with E-state index < -0.39 is 0 Å². The Hall–Kier alpha value is 1.88. The van der Waals surface area contributed by atoms with Gasteiger partial charge in [-0.2, -0.15) is 0 Å². The molecule has 4 aliphatic rings. The number of thiocarbonyl (C=S) groups is 1. The first kappa shape index (κ1) is 13.3. The fourth-order valence-electron chi connectivity index (χ4n) is 4.34. The summed E-state index contributed by atoms with van der Waals surface area (Å²) in [6.45, 7) is 0. The standard InChI is InChI=1S/C11H16OS2.K.H/c13-10(14)12-11-4-7-1-8(5-11)3-9(2-7)6-11;;/h7-9H,1-6H2,(H,13,14);;. The van der Waals surface area contributed by atoms with Gasteiger partial charge in [-0.1, -0.05) is 12.6 Å². The zero-order valence-corrected chi connectivity index (χ0v) is 9.95. The predicted molar refractivity (Wildman–Crippen MR) is 70.7 cm³/mol. The molecule has 0 radical (unpaired) electrons. The summed E-state index contributed by atoms with van der Waals surface area (Å²) in [7, 11) is 0. The van der Waals surface area contributed by atoms with Crippen LogP contribution in [-0.4, -0.2) is 61.4 Å². The van der Waals surface area contributed by atoms with Crippen molar-refractivity contribution in [1.82, 2.24) is 0 Å². The van der Waals surface area contributed by atoms with Crippen molar-refractivity contribution in [3.8, 4) is 0 Å². The van der Waals surface area contributed by atoms with Crippen molar-refractivity contribution < 1.29 is 4.74 Å². The second-order valence-corrected chi connectivity index (χ2v) is 6.55.